The van der Waals surface area contributed by atoms with Crippen molar-refractivity contribution in [3.05, 3.63) is 125 Å². The first-order valence-corrected chi connectivity index (χ1v) is 32.9. The number of likely N-dealkylation sites (tertiary alicyclic amines) is 3. The van der Waals surface area contributed by atoms with Crippen molar-refractivity contribution >= 4 is 52.2 Å². The number of nitrogens with zero attached hydrogens (tertiary/aromatic N) is 10. The number of hydrogen-bond donors (Lipinski definition) is 4. The highest BCUT2D eigenvalue weighted by atomic mass is 32.1. The molecule has 12 rings (SSSR count). The Balaban J connectivity index is 0.000000200. The number of carbonyl (C=O) groups excluding carboxylic acids is 4. The highest BCUT2D eigenvalue weighted by Gasteiger charge is 2.39. The highest BCUT2D eigenvalue weighted by Crippen LogP contribution is 2.36. The molecular formula is C68H88N12O7S. The quantitative estimate of drug-likeness (QED) is 0.0667. The Kier molecular flexibility index (Phi) is 21.6. The van der Waals surface area contributed by atoms with Crippen molar-refractivity contribution in [2.45, 2.75) is 148 Å². The van der Waals surface area contributed by atoms with Crippen molar-refractivity contribution in [2.24, 2.45) is 5.92 Å². The van der Waals surface area contributed by atoms with Crippen LogP contribution in [0.5, 0.6) is 11.6 Å². The summed E-state index contributed by atoms with van der Waals surface area (Å²) in [6.45, 7) is 15.9. The Labute approximate surface area is 522 Å². The number of nitrogen functional groups attached to an aromatic ring is 1. The van der Waals surface area contributed by atoms with Crippen LogP contribution in [-0.2, 0) is 20.9 Å². The first-order chi connectivity index (χ1) is 42.8. The fourth-order valence-electron chi connectivity index (χ4n) is 12.9. The average molecular weight is 1220 g/mol. The molecule has 4 saturated heterocycles. The number of piperazine rings is 1. The number of aromatic nitrogens is 4. The molecule has 0 spiro atoms. The van der Waals surface area contributed by atoms with Crippen molar-refractivity contribution in [3.8, 4) is 33.3 Å². The van der Waals surface area contributed by atoms with E-state index >= 15 is 0 Å². The summed E-state index contributed by atoms with van der Waals surface area (Å²) in [5, 5.41) is 31.8. The van der Waals surface area contributed by atoms with Crippen LogP contribution in [-0.4, -0.2) is 163 Å². The molecule has 1 aliphatic carbocycles. The molecule has 20 heteroatoms. The van der Waals surface area contributed by atoms with Gasteiger partial charge in [-0.3, -0.25) is 19.2 Å². The summed E-state index contributed by atoms with van der Waals surface area (Å²) in [6, 6.07) is 27.7. The number of aryl methyl sites for hydroxylation is 1. The maximum atomic E-state index is 14.0. The zero-order valence-corrected chi connectivity index (χ0v) is 52.5. The number of rotatable bonds is 17. The molecule has 3 aromatic heterocycles. The van der Waals surface area contributed by atoms with Crippen LogP contribution < -0.4 is 25.6 Å². The number of benzene rings is 3. The number of ether oxygens (including phenoxy) is 1. The molecule has 4 amide bonds. The molecule has 19 nitrogen and oxygen atoms in total. The maximum absolute atomic E-state index is 14.0. The molecule has 3 aromatic carbocycles. The zero-order chi connectivity index (χ0) is 61.7. The van der Waals surface area contributed by atoms with E-state index in [1.165, 1.54) is 12.8 Å². The Morgan fingerprint density at radius 1 is 0.807 bits per heavy atom. The van der Waals surface area contributed by atoms with E-state index in [9.17, 15) is 29.4 Å². The summed E-state index contributed by atoms with van der Waals surface area (Å²) in [7, 11) is 0. The van der Waals surface area contributed by atoms with Crippen LogP contribution in [0.1, 0.15) is 137 Å². The van der Waals surface area contributed by atoms with E-state index in [4.69, 9.17) is 10.5 Å². The number of thiazole rings is 1. The number of hydrogen-bond acceptors (Lipinski definition) is 16. The Morgan fingerprint density at radius 2 is 1.55 bits per heavy atom. The number of phenols is 1. The third-order valence-electron chi connectivity index (χ3n) is 18.0. The molecule has 5 fully saturated rings. The molecule has 1 saturated carbocycles. The van der Waals surface area contributed by atoms with Gasteiger partial charge in [-0.25, -0.2) is 9.97 Å². The molecule has 3 unspecified atom stereocenters. The van der Waals surface area contributed by atoms with Crippen LogP contribution >= 0.6 is 11.3 Å². The van der Waals surface area contributed by atoms with Gasteiger partial charge in [-0.05, 0) is 124 Å². The fraction of sp³-hybridized carbons (Fsp3) is 0.500. The number of carbonyl (C=O) groups is 4. The van der Waals surface area contributed by atoms with Gasteiger partial charge in [0.15, 0.2) is 5.82 Å². The molecule has 5 aliphatic heterocycles. The van der Waals surface area contributed by atoms with E-state index in [1.807, 2.05) is 84.2 Å². The lowest BCUT2D eigenvalue weighted by atomic mass is 9.94. The molecule has 6 aliphatic rings. The van der Waals surface area contributed by atoms with Gasteiger partial charge in [0, 0.05) is 101 Å². The van der Waals surface area contributed by atoms with E-state index < -0.39 is 12.1 Å². The van der Waals surface area contributed by atoms with Crippen LogP contribution in [0.4, 0.5) is 17.2 Å². The third-order valence-corrected chi connectivity index (χ3v) is 18.9. The number of aromatic hydroxyl groups is 1. The van der Waals surface area contributed by atoms with Crippen LogP contribution in [0, 0.1) is 12.8 Å². The van der Waals surface area contributed by atoms with Gasteiger partial charge in [0.1, 0.15) is 24.4 Å². The number of fused-ring (bicyclic) bond motifs is 1. The number of amides is 4. The van der Waals surface area contributed by atoms with E-state index in [1.54, 1.807) is 39.3 Å². The van der Waals surface area contributed by atoms with Gasteiger partial charge >= 0.3 is 0 Å². The van der Waals surface area contributed by atoms with E-state index in [-0.39, 0.29) is 48.4 Å². The second kappa shape index (κ2) is 30.0. The predicted octanol–water partition coefficient (Wildman–Crippen LogP) is 9.68. The van der Waals surface area contributed by atoms with Crippen molar-refractivity contribution in [1.29, 1.82) is 0 Å². The molecule has 6 aromatic rings. The SMILES string of the molecule is CCC.CCCC1CN(c2cc(-c3ccccc3O)nnc2N)CCN1c1ccnc(OC2CCC2)c1.Cc1ncsc1-c1ccc(C(CC(=O)N2CCC(CN3CCC(O)CC3)CC2)NC(=O)C2CCCN2C(=O)CN2Cc3ccccc3C2=O)cc1. The lowest BCUT2D eigenvalue weighted by Crippen LogP contribution is -2.53. The lowest BCUT2D eigenvalue weighted by Gasteiger charge is -2.44. The van der Waals surface area contributed by atoms with Crippen molar-refractivity contribution < 1.29 is 34.1 Å². The summed E-state index contributed by atoms with van der Waals surface area (Å²) in [5.41, 5.74) is 15.7. The predicted molar refractivity (Wildman–Crippen MR) is 345 cm³/mol. The van der Waals surface area contributed by atoms with Crippen LogP contribution in [0.15, 0.2) is 103 Å². The molecule has 88 heavy (non-hydrogen) atoms. The molecular weight excluding hydrogens is 1130 g/mol. The second-order valence-electron chi connectivity index (χ2n) is 24.4. The average Bonchev–Trinajstić information content (AvgIpc) is 2.53. The highest BCUT2D eigenvalue weighted by molar-refractivity contribution is 7.13. The van der Waals surface area contributed by atoms with Gasteiger partial charge < -0.3 is 55.4 Å². The first-order valence-electron chi connectivity index (χ1n) is 32.0. The van der Waals surface area contributed by atoms with Gasteiger partial charge in [-0.1, -0.05) is 88.2 Å². The largest absolute Gasteiger partial charge is 0.507 e. The molecule has 5 N–H and O–H groups in total. The van der Waals surface area contributed by atoms with Crippen LogP contribution in [0.25, 0.3) is 21.7 Å². The maximum Gasteiger partial charge on any atom is 0.254 e. The minimum Gasteiger partial charge on any atom is -0.507 e. The van der Waals surface area contributed by atoms with Crippen LogP contribution in [0.3, 0.4) is 0 Å². The molecule has 8 heterocycles. The summed E-state index contributed by atoms with van der Waals surface area (Å²) in [4.78, 5) is 76.5. The summed E-state index contributed by atoms with van der Waals surface area (Å²) >= 11 is 1.58. The minimum atomic E-state index is -0.666. The van der Waals surface area contributed by atoms with Gasteiger partial charge in [0.2, 0.25) is 23.6 Å². The summed E-state index contributed by atoms with van der Waals surface area (Å²) in [5.74, 6) is 1.16. The van der Waals surface area contributed by atoms with Gasteiger partial charge in [-0.2, -0.15) is 0 Å². The Hall–Kier alpha value is -7.68. The number of phenolic OH excluding ortho intramolecular Hbond substituents is 1. The summed E-state index contributed by atoms with van der Waals surface area (Å²) in [6.07, 6.45) is 13.7. The van der Waals surface area contributed by atoms with Gasteiger partial charge in [-0.15, -0.1) is 21.5 Å². The molecule has 3 atom stereocenters. The number of nitrogens with two attached hydrogens (primary N) is 1. The fourth-order valence-corrected chi connectivity index (χ4v) is 13.7. The number of aliphatic hydroxyl groups excluding tert-OH is 1. The first kappa shape index (κ1) is 63.3. The minimum absolute atomic E-state index is 0.00805. The molecule has 0 bridgehead atoms. The Bertz CT molecular complexity index is 3310. The van der Waals surface area contributed by atoms with Crippen molar-refractivity contribution in [2.75, 3.05) is 81.0 Å². The van der Waals surface area contributed by atoms with Gasteiger partial charge in [0.05, 0.1) is 46.0 Å². The number of para-hydroxylation sites is 1. The molecule has 468 valence electrons. The number of nitrogens with one attached hydrogen (secondary N) is 1. The standard InChI is InChI=1S/C39H48N6O5S.C26H32N6O2.C3H8/c1-26-37(51-25-40-26)29-10-8-28(9-11-29)33(21-35(47)43-19-12-27(13-20-43)22-42-17-14-31(46)15-18-42)41-38(49)34-7-4-16-45(34)36(48)24-44-23-30-5-2-3-6-32(30)39(44)50;1-2-6-19-17-31(23-16-22(29-30-26(23)27)21-9-3-4-10-24(21)33)13-14-32(19)18-11-12-28-25(15-18)34-20-7-5-8-20;1-3-2/h2-3,5-6,8-11,25,27,31,33-34,46H,4,7,12-24H2,1H3,(H,41,49);3-4,9-12,15-16,19-20,33H,2,5-8,13-14,17H2,1H3,(H2,27,30);3H2,1-2H3. The van der Waals surface area contributed by atoms with Crippen molar-refractivity contribution in [3.63, 3.8) is 0 Å². The second-order valence-corrected chi connectivity index (χ2v) is 25.3. The van der Waals surface area contributed by atoms with E-state index in [0.717, 1.165) is 135 Å². The monoisotopic (exact) mass is 1220 g/mol. The third kappa shape index (κ3) is 15.6. The summed E-state index contributed by atoms with van der Waals surface area (Å²) < 4.78 is 6.05. The Morgan fingerprint density at radius 3 is 2.24 bits per heavy atom. The van der Waals surface area contributed by atoms with Crippen molar-refractivity contribution in [1.82, 2.24) is 45.1 Å². The van der Waals surface area contributed by atoms with E-state index in [0.29, 0.717) is 79.7 Å². The molecule has 0 radical (unpaired) electrons. The van der Waals surface area contributed by atoms with Gasteiger partial charge in [0.25, 0.3) is 5.91 Å². The number of aliphatic hydroxyl groups is 1. The van der Waals surface area contributed by atoms with Crippen LogP contribution in [0.2, 0.25) is 0 Å². The lowest BCUT2D eigenvalue weighted by molar-refractivity contribution is -0.139. The smallest absolute Gasteiger partial charge is 0.254 e. The van der Waals surface area contributed by atoms with E-state index in [2.05, 4.69) is 73.1 Å². The topological polar surface area (TPSA) is 227 Å². The normalized spacial score (nSPS) is 19.5. The number of anilines is 3. The number of pyridine rings is 1. The zero-order valence-electron chi connectivity index (χ0n) is 51.6. The number of piperidine rings is 2.